The van der Waals surface area contributed by atoms with Crippen LogP contribution >= 0.6 is 0 Å². The summed E-state index contributed by atoms with van der Waals surface area (Å²) in [6.07, 6.45) is 6.10. The van der Waals surface area contributed by atoms with Gasteiger partial charge in [0, 0.05) is 18.1 Å². The van der Waals surface area contributed by atoms with Crippen molar-refractivity contribution in [1.82, 2.24) is 4.90 Å². The smallest absolute Gasteiger partial charge is 0.123 e. The highest BCUT2D eigenvalue weighted by Crippen LogP contribution is 2.32. The first-order chi connectivity index (χ1) is 9.96. The Hall–Kier alpha value is -0.930. The number of hydrogen-bond donors (Lipinski definition) is 1. The maximum absolute atomic E-state index is 13.1. The molecule has 1 aliphatic rings. The van der Waals surface area contributed by atoms with Crippen molar-refractivity contribution in [1.29, 1.82) is 0 Å². The molecule has 0 bridgehead atoms. The third-order valence-corrected chi connectivity index (χ3v) is 5.35. The highest BCUT2D eigenvalue weighted by Gasteiger charge is 2.36. The molecule has 0 amide bonds. The molecule has 1 saturated carbocycles. The van der Waals surface area contributed by atoms with Crippen LogP contribution in [0, 0.1) is 11.7 Å². The van der Waals surface area contributed by atoms with Crippen molar-refractivity contribution in [2.45, 2.75) is 57.5 Å². The summed E-state index contributed by atoms with van der Waals surface area (Å²) in [4.78, 5) is 2.49. The van der Waals surface area contributed by atoms with E-state index in [0.29, 0.717) is 12.6 Å². The van der Waals surface area contributed by atoms with E-state index in [2.05, 4.69) is 25.8 Å². The van der Waals surface area contributed by atoms with Crippen molar-refractivity contribution in [2.75, 3.05) is 13.6 Å². The highest BCUT2D eigenvalue weighted by atomic mass is 19.1. The van der Waals surface area contributed by atoms with E-state index in [0.717, 1.165) is 17.9 Å². The number of nitrogens with zero attached hydrogens (tertiary/aromatic N) is 1. The molecule has 2 N–H and O–H groups in total. The van der Waals surface area contributed by atoms with E-state index in [9.17, 15) is 4.39 Å². The van der Waals surface area contributed by atoms with E-state index in [1.54, 1.807) is 0 Å². The number of hydrogen-bond acceptors (Lipinski definition) is 2. The first kappa shape index (κ1) is 16.4. The molecule has 2 rings (SSSR count). The summed E-state index contributed by atoms with van der Waals surface area (Å²) in [7, 11) is 2.21. The molecule has 3 heteroatoms. The molecule has 3 atom stereocenters. The van der Waals surface area contributed by atoms with Gasteiger partial charge < -0.3 is 5.73 Å². The summed E-state index contributed by atoms with van der Waals surface area (Å²) < 4.78 is 13.1. The van der Waals surface area contributed by atoms with Gasteiger partial charge in [0.25, 0.3) is 0 Å². The molecule has 21 heavy (non-hydrogen) atoms. The molecule has 0 radical (unpaired) electrons. The van der Waals surface area contributed by atoms with Gasteiger partial charge >= 0.3 is 0 Å². The minimum absolute atomic E-state index is 0.0753. The Kier molecular flexibility index (Phi) is 5.39. The SMILES string of the molecule is CC1CCCCC1N(C)C(C)(CN)Cc1ccc(F)cc1. The molecular formula is C18H29FN2. The van der Waals surface area contributed by atoms with Gasteiger partial charge in [0.05, 0.1) is 0 Å². The van der Waals surface area contributed by atoms with E-state index in [-0.39, 0.29) is 11.4 Å². The van der Waals surface area contributed by atoms with Gasteiger partial charge in [0.1, 0.15) is 5.82 Å². The maximum Gasteiger partial charge on any atom is 0.123 e. The zero-order chi connectivity index (χ0) is 15.5. The second kappa shape index (κ2) is 6.89. The lowest BCUT2D eigenvalue weighted by Crippen LogP contribution is -2.57. The first-order valence-electron chi connectivity index (χ1n) is 8.14. The molecule has 1 aliphatic carbocycles. The Morgan fingerprint density at radius 2 is 1.86 bits per heavy atom. The highest BCUT2D eigenvalue weighted by molar-refractivity contribution is 5.19. The van der Waals surface area contributed by atoms with Crippen molar-refractivity contribution in [3.8, 4) is 0 Å². The summed E-state index contributed by atoms with van der Waals surface area (Å²) in [5.74, 6) is 0.547. The largest absolute Gasteiger partial charge is 0.329 e. The fraction of sp³-hybridized carbons (Fsp3) is 0.667. The van der Waals surface area contributed by atoms with Crippen LogP contribution in [-0.2, 0) is 6.42 Å². The number of benzene rings is 1. The Balaban J connectivity index is 2.13. The number of halogens is 1. The van der Waals surface area contributed by atoms with Crippen molar-refractivity contribution in [2.24, 2.45) is 11.7 Å². The van der Waals surface area contributed by atoms with E-state index < -0.39 is 0 Å². The molecule has 1 aromatic carbocycles. The van der Waals surface area contributed by atoms with Crippen LogP contribution in [-0.4, -0.2) is 30.1 Å². The molecule has 0 heterocycles. The van der Waals surface area contributed by atoms with Crippen LogP contribution < -0.4 is 5.73 Å². The lowest BCUT2D eigenvalue weighted by atomic mass is 9.81. The van der Waals surface area contributed by atoms with Crippen molar-refractivity contribution >= 4 is 0 Å². The molecule has 0 spiro atoms. The van der Waals surface area contributed by atoms with Crippen molar-refractivity contribution in [3.05, 3.63) is 35.6 Å². The fourth-order valence-corrected chi connectivity index (χ4v) is 3.66. The average molecular weight is 292 g/mol. The Morgan fingerprint density at radius 3 is 2.43 bits per heavy atom. The summed E-state index contributed by atoms with van der Waals surface area (Å²) in [5.41, 5.74) is 7.20. The Morgan fingerprint density at radius 1 is 1.24 bits per heavy atom. The quantitative estimate of drug-likeness (QED) is 0.898. The van der Waals surface area contributed by atoms with Crippen LogP contribution in [0.5, 0.6) is 0 Å². The van der Waals surface area contributed by atoms with Crippen LogP contribution in [0.15, 0.2) is 24.3 Å². The molecule has 1 fully saturated rings. The lowest BCUT2D eigenvalue weighted by molar-refractivity contribution is 0.0422. The second-order valence-corrected chi connectivity index (χ2v) is 6.94. The molecule has 2 nitrogen and oxygen atoms in total. The van der Waals surface area contributed by atoms with Crippen LogP contribution in [0.25, 0.3) is 0 Å². The zero-order valence-electron chi connectivity index (χ0n) is 13.6. The molecule has 118 valence electrons. The van der Waals surface area contributed by atoms with E-state index >= 15 is 0 Å². The van der Waals surface area contributed by atoms with Gasteiger partial charge in [0.2, 0.25) is 0 Å². The van der Waals surface area contributed by atoms with E-state index in [4.69, 9.17) is 5.73 Å². The third kappa shape index (κ3) is 3.83. The van der Waals surface area contributed by atoms with Crippen molar-refractivity contribution in [3.63, 3.8) is 0 Å². The minimum Gasteiger partial charge on any atom is -0.329 e. The molecular weight excluding hydrogens is 263 g/mol. The van der Waals surface area contributed by atoms with Gasteiger partial charge in [-0.15, -0.1) is 0 Å². The molecule has 1 aromatic rings. The van der Waals surface area contributed by atoms with Crippen LogP contribution in [0.1, 0.15) is 45.1 Å². The minimum atomic E-state index is -0.178. The van der Waals surface area contributed by atoms with E-state index in [1.165, 1.54) is 37.8 Å². The van der Waals surface area contributed by atoms with Gasteiger partial charge in [-0.05, 0) is 56.8 Å². The molecule has 0 saturated heterocycles. The van der Waals surface area contributed by atoms with Crippen LogP contribution in [0.2, 0.25) is 0 Å². The molecule has 0 aliphatic heterocycles. The predicted octanol–water partition coefficient (Wildman–Crippen LogP) is 3.60. The second-order valence-electron chi connectivity index (χ2n) is 6.94. The Labute approximate surface area is 128 Å². The maximum atomic E-state index is 13.1. The van der Waals surface area contributed by atoms with Crippen molar-refractivity contribution < 1.29 is 4.39 Å². The molecule has 3 unspecified atom stereocenters. The van der Waals surface area contributed by atoms with E-state index in [1.807, 2.05) is 12.1 Å². The summed E-state index contributed by atoms with van der Waals surface area (Å²) in [5, 5.41) is 0. The number of likely N-dealkylation sites (N-methyl/N-ethyl adjacent to an activating group) is 1. The van der Waals surface area contributed by atoms with Crippen LogP contribution in [0.4, 0.5) is 4.39 Å². The van der Waals surface area contributed by atoms with Crippen LogP contribution in [0.3, 0.4) is 0 Å². The number of nitrogens with two attached hydrogens (primary N) is 1. The normalized spacial score (nSPS) is 25.8. The third-order valence-electron chi connectivity index (χ3n) is 5.35. The van der Waals surface area contributed by atoms with Gasteiger partial charge in [-0.25, -0.2) is 4.39 Å². The zero-order valence-corrected chi connectivity index (χ0v) is 13.6. The standard InChI is InChI=1S/C18H29FN2/c1-14-6-4-5-7-17(14)21(3)18(2,13-20)12-15-8-10-16(19)11-9-15/h8-11,14,17H,4-7,12-13,20H2,1-3H3. The Bertz CT molecular complexity index is 445. The van der Waals surface area contributed by atoms with Gasteiger partial charge in [-0.3, -0.25) is 4.90 Å². The molecule has 0 aromatic heterocycles. The average Bonchev–Trinajstić information content (AvgIpc) is 2.49. The van der Waals surface area contributed by atoms with Gasteiger partial charge in [-0.2, -0.15) is 0 Å². The van der Waals surface area contributed by atoms with Gasteiger partial charge in [0.15, 0.2) is 0 Å². The summed E-state index contributed by atoms with van der Waals surface area (Å²) in [6.45, 7) is 5.21. The topological polar surface area (TPSA) is 29.3 Å². The predicted molar refractivity (Wildman–Crippen MR) is 86.7 cm³/mol. The summed E-state index contributed by atoms with van der Waals surface area (Å²) >= 11 is 0. The van der Waals surface area contributed by atoms with Gasteiger partial charge in [-0.1, -0.05) is 31.9 Å². The fourth-order valence-electron chi connectivity index (χ4n) is 3.66. The lowest BCUT2D eigenvalue weighted by Gasteiger charge is -2.47. The first-order valence-corrected chi connectivity index (χ1v) is 8.14. The number of rotatable bonds is 5. The summed E-state index contributed by atoms with van der Waals surface area (Å²) in [6, 6.07) is 7.43. The monoisotopic (exact) mass is 292 g/mol.